The number of nitrogens with one attached hydrogen (secondary N) is 3. The smallest absolute Gasteiger partial charge is 0.223 e. The van der Waals surface area contributed by atoms with Crippen LogP contribution in [0.1, 0.15) is 62.5 Å². The first-order chi connectivity index (χ1) is 14.7. The molecule has 0 unspecified atom stereocenters. The molecule has 166 valence electrons. The Hall–Kier alpha value is -2.08. The summed E-state index contributed by atoms with van der Waals surface area (Å²) in [7, 11) is 1.78. The summed E-state index contributed by atoms with van der Waals surface area (Å²) in [6.07, 6.45) is 9.77. The van der Waals surface area contributed by atoms with Gasteiger partial charge in [-0.3, -0.25) is 14.7 Å². The standard InChI is InChI=1S/C24H39N5O/c1-25-24(27-15-14-26-23(30)22-8-4-2-5-9-22)28-18-20-10-12-21(13-11-20)19-29-16-6-3-7-17-29/h10-13,22H,2-9,14-19H2,1H3,(H,26,30)(H2,25,27,28). The van der Waals surface area contributed by atoms with Crippen LogP contribution in [0, 0.1) is 5.92 Å². The van der Waals surface area contributed by atoms with Crippen LogP contribution in [0.2, 0.25) is 0 Å². The van der Waals surface area contributed by atoms with E-state index in [9.17, 15) is 4.79 Å². The van der Waals surface area contributed by atoms with Crippen LogP contribution in [0.25, 0.3) is 0 Å². The van der Waals surface area contributed by atoms with E-state index < -0.39 is 0 Å². The van der Waals surface area contributed by atoms with Gasteiger partial charge in [-0.25, -0.2) is 0 Å². The molecule has 0 radical (unpaired) electrons. The van der Waals surface area contributed by atoms with E-state index in [0.29, 0.717) is 13.1 Å². The second-order valence-corrected chi connectivity index (χ2v) is 8.63. The molecule has 1 aromatic carbocycles. The van der Waals surface area contributed by atoms with Gasteiger partial charge in [0.05, 0.1) is 0 Å². The highest BCUT2D eigenvalue weighted by atomic mass is 16.1. The number of rotatable bonds is 8. The zero-order valence-electron chi connectivity index (χ0n) is 18.6. The number of amides is 1. The highest BCUT2D eigenvalue weighted by molar-refractivity contribution is 5.80. The van der Waals surface area contributed by atoms with E-state index in [-0.39, 0.29) is 11.8 Å². The molecule has 1 saturated heterocycles. The zero-order valence-corrected chi connectivity index (χ0v) is 18.6. The number of likely N-dealkylation sites (tertiary alicyclic amines) is 1. The first-order valence-corrected chi connectivity index (χ1v) is 11.8. The molecule has 0 spiro atoms. The first-order valence-electron chi connectivity index (χ1n) is 11.8. The van der Waals surface area contributed by atoms with Crippen LogP contribution >= 0.6 is 0 Å². The van der Waals surface area contributed by atoms with E-state index in [0.717, 1.165) is 31.9 Å². The van der Waals surface area contributed by atoms with Crippen molar-refractivity contribution in [3.05, 3.63) is 35.4 Å². The summed E-state index contributed by atoms with van der Waals surface area (Å²) in [6, 6.07) is 8.87. The average Bonchev–Trinajstić information content (AvgIpc) is 2.80. The second kappa shape index (κ2) is 12.6. The van der Waals surface area contributed by atoms with Crippen molar-refractivity contribution >= 4 is 11.9 Å². The molecule has 0 bridgehead atoms. The topological polar surface area (TPSA) is 68.8 Å². The number of aliphatic imine (C=N–C) groups is 1. The van der Waals surface area contributed by atoms with E-state index in [1.54, 1.807) is 7.05 Å². The zero-order chi connectivity index (χ0) is 21.0. The normalized spacial score (nSPS) is 18.8. The lowest BCUT2D eigenvalue weighted by Crippen LogP contribution is -2.42. The van der Waals surface area contributed by atoms with Crippen molar-refractivity contribution in [1.82, 2.24) is 20.9 Å². The molecule has 2 fully saturated rings. The minimum Gasteiger partial charge on any atom is -0.355 e. The molecule has 1 aromatic rings. The lowest BCUT2D eigenvalue weighted by molar-refractivity contribution is -0.125. The number of carbonyl (C=O) groups excluding carboxylic acids is 1. The van der Waals surface area contributed by atoms with Gasteiger partial charge in [-0.1, -0.05) is 49.9 Å². The Morgan fingerprint density at radius 3 is 2.23 bits per heavy atom. The molecule has 1 heterocycles. The largest absolute Gasteiger partial charge is 0.355 e. The fraction of sp³-hybridized carbons (Fsp3) is 0.667. The van der Waals surface area contributed by atoms with E-state index in [1.807, 2.05) is 0 Å². The van der Waals surface area contributed by atoms with Crippen LogP contribution in [0.3, 0.4) is 0 Å². The third kappa shape index (κ3) is 7.63. The maximum Gasteiger partial charge on any atom is 0.223 e. The van der Waals surface area contributed by atoms with Crippen molar-refractivity contribution in [2.45, 2.75) is 64.5 Å². The van der Waals surface area contributed by atoms with Crippen LogP contribution in [-0.2, 0) is 17.9 Å². The number of guanidine groups is 1. The molecule has 0 atom stereocenters. The summed E-state index contributed by atoms with van der Waals surface area (Å²) in [5, 5.41) is 9.69. The van der Waals surface area contributed by atoms with Crippen LogP contribution < -0.4 is 16.0 Å². The highest BCUT2D eigenvalue weighted by Crippen LogP contribution is 2.23. The number of hydrogen-bond donors (Lipinski definition) is 3. The Morgan fingerprint density at radius 2 is 1.53 bits per heavy atom. The number of piperidine rings is 1. The van der Waals surface area contributed by atoms with Crippen molar-refractivity contribution in [1.29, 1.82) is 0 Å². The maximum atomic E-state index is 12.2. The molecule has 3 rings (SSSR count). The number of carbonyl (C=O) groups is 1. The molecule has 0 aromatic heterocycles. The monoisotopic (exact) mass is 413 g/mol. The van der Waals surface area contributed by atoms with Gasteiger partial charge in [0.15, 0.2) is 5.96 Å². The van der Waals surface area contributed by atoms with Gasteiger partial charge in [0.25, 0.3) is 0 Å². The third-order valence-electron chi connectivity index (χ3n) is 6.25. The van der Waals surface area contributed by atoms with Crippen LogP contribution in [0.15, 0.2) is 29.3 Å². The molecule has 30 heavy (non-hydrogen) atoms. The van der Waals surface area contributed by atoms with Gasteiger partial charge in [-0.2, -0.15) is 0 Å². The van der Waals surface area contributed by atoms with Crippen LogP contribution in [0.5, 0.6) is 0 Å². The lowest BCUT2D eigenvalue weighted by atomic mass is 9.89. The van der Waals surface area contributed by atoms with Gasteiger partial charge < -0.3 is 16.0 Å². The molecule has 1 aliphatic carbocycles. The van der Waals surface area contributed by atoms with Gasteiger partial charge in [0.1, 0.15) is 0 Å². The first kappa shape index (κ1) is 22.6. The molecule has 1 amide bonds. The van der Waals surface area contributed by atoms with Crippen LogP contribution in [0.4, 0.5) is 0 Å². The quantitative estimate of drug-likeness (QED) is 0.348. The molecule has 1 saturated carbocycles. The summed E-state index contributed by atoms with van der Waals surface area (Å²) in [5.74, 6) is 1.19. The van der Waals surface area contributed by atoms with E-state index >= 15 is 0 Å². The Kier molecular flexibility index (Phi) is 9.48. The van der Waals surface area contributed by atoms with Gasteiger partial charge >= 0.3 is 0 Å². The molecule has 1 aliphatic heterocycles. The SMILES string of the molecule is CN=C(NCCNC(=O)C1CCCCC1)NCc1ccc(CN2CCCCC2)cc1. The van der Waals surface area contributed by atoms with E-state index in [4.69, 9.17) is 0 Å². The van der Waals surface area contributed by atoms with Gasteiger partial charge in [-0.05, 0) is 49.9 Å². The van der Waals surface area contributed by atoms with E-state index in [1.165, 1.54) is 62.7 Å². The summed E-state index contributed by atoms with van der Waals surface area (Å²) < 4.78 is 0. The van der Waals surface area contributed by atoms with E-state index in [2.05, 4.69) is 50.1 Å². The fourth-order valence-corrected chi connectivity index (χ4v) is 4.42. The van der Waals surface area contributed by atoms with Gasteiger partial charge in [0.2, 0.25) is 5.91 Å². The minimum absolute atomic E-state index is 0.212. The average molecular weight is 414 g/mol. The Morgan fingerprint density at radius 1 is 0.900 bits per heavy atom. The van der Waals surface area contributed by atoms with Crippen molar-refractivity contribution < 1.29 is 4.79 Å². The van der Waals surface area contributed by atoms with Gasteiger partial charge in [0, 0.05) is 39.1 Å². The highest BCUT2D eigenvalue weighted by Gasteiger charge is 2.20. The summed E-state index contributed by atoms with van der Waals surface area (Å²) in [4.78, 5) is 19.0. The molecule has 3 N–H and O–H groups in total. The molecule has 6 nitrogen and oxygen atoms in total. The Bertz CT molecular complexity index is 661. The Balaban J connectivity index is 1.32. The van der Waals surface area contributed by atoms with Crippen LogP contribution in [-0.4, -0.2) is 50.0 Å². The molecular formula is C24H39N5O. The minimum atomic E-state index is 0.212. The van der Waals surface area contributed by atoms with Crippen molar-refractivity contribution in [2.75, 3.05) is 33.2 Å². The van der Waals surface area contributed by atoms with Crippen molar-refractivity contribution in [3.63, 3.8) is 0 Å². The molecule has 6 heteroatoms. The summed E-state index contributed by atoms with van der Waals surface area (Å²) >= 11 is 0. The molecular weight excluding hydrogens is 374 g/mol. The fourth-order valence-electron chi connectivity index (χ4n) is 4.42. The molecule has 2 aliphatic rings. The number of benzene rings is 1. The third-order valence-corrected chi connectivity index (χ3v) is 6.25. The Labute approximate surface area is 181 Å². The van der Waals surface area contributed by atoms with Crippen molar-refractivity contribution in [3.8, 4) is 0 Å². The number of nitrogens with zero attached hydrogens (tertiary/aromatic N) is 2. The van der Waals surface area contributed by atoms with Crippen molar-refractivity contribution in [2.24, 2.45) is 10.9 Å². The van der Waals surface area contributed by atoms with Gasteiger partial charge in [-0.15, -0.1) is 0 Å². The second-order valence-electron chi connectivity index (χ2n) is 8.63. The summed E-state index contributed by atoms with van der Waals surface area (Å²) in [5.41, 5.74) is 2.63. The summed E-state index contributed by atoms with van der Waals surface area (Å²) in [6.45, 7) is 5.55. The maximum absolute atomic E-state index is 12.2. The predicted octanol–water partition coefficient (Wildman–Crippen LogP) is 3.03. The lowest BCUT2D eigenvalue weighted by Gasteiger charge is -2.26. The number of hydrogen-bond acceptors (Lipinski definition) is 3. The predicted molar refractivity (Wildman–Crippen MR) is 123 cm³/mol.